The van der Waals surface area contributed by atoms with Gasteiger partial charge in [-0.3, -0.25) is 25.4 Å². The van der Waals surface area contributed by atoms with Gasteiger partial charge >= 0.3 is 6.18 Å². The summed E-state index contributed by atoms with van der Waals surface area (Å²) in [6.45, 7) is 3.69. The third kappa shape index (κ3) is 3.94. The number of nitro groups is 1. The van der Waals surface area contributed by atoms with Crippen LogP contribution in [0.3, 0.4) is 0 Å². The molecule has 0 spiro atoms. The fourth-order valence-corrected chi connectivity index (χ4v) is 4.93. The lowest BCUT2D eigenvalue weighted by molar-refractivity contribution is -0.385. The van der Waals surface area contributed by atoms with Gasteiger partial charge in [0.15, 0.2) is 5.11 Å². The molecule has 33 heavy (non-hydrogen) atoms. The third-order valence-corrected chi connectivity index (χ3v) is 6.23. The second kappa shape index (κ2) is 8.23. The van der Waals surface area contributed by atoms with Gasteiger partial charge in [0.2, 0.25) is 0 Å². The molecule has 2 unspecified atom stereocenters. The van der Waals surface area contributed by atoms with E-state index in [-0.39, 0.29) is 11.3 Å². The maximum Gasteiger partial charge on any atom is 0.416 e. The lowest BCUT2D eigenvalue weighted by Crippen LogP contribution is -2.45. The summed E-state index contributed by atoms with van der Waals surface area (Å²) in [7, 11) is 1.78. The zero-order valence-electron chi connectivity index (χ0n) is 17.8. The number of rotatable bonds is 3. The van der Waals surface area contributed by atoms with Gasteiger partial charge in [-0.25, -0.2) is 0 Å². The summed E-state index contributed by atoms with van der Waals surface area (Å²) >= 11 is 11.9. The number of hydrogen-bond donors (Lipinski definition) is 1. The number of aryl methyl sites for hydroxylation is 1. The van der Waals surface area contributed by atoms with Crippen LogP contribution in [0.5, 0.6) is 0 Å². The number of anilines is 1. The molecule has 0 aromatic heterocycles. The first kappa shape index (κ1) is 23.4. The summed E-state index contributed by atoms with van der Waals surface area (Å²) in [5.41, 5.74) is 3.22. The fourth-order valence-electron chi connectivity index (χ4n) is 4.34. The molecule has 1 saturated heterocycles. The van der Waals surface area contributed by atoms with Gasteiger partial charge in [0.05, 0.1) is 33.5 Å². The first-order chi connectivity index (χ1) is 15.4. The first-order valence-electron chi connectivity index (χ1n) is 10.0. The SMILES string of the molecule is CCc1cc(Cl)cc2c1N1C(=S)NN(C)C1C(C)N=C2c1cc(C(F)(F)F)ccc1[N+](=O)[O-]. The van der Waals surface area contributed by atoms with E-state index in [0.717, 1.165) is 17.7 Å². The van der Waals surface area contributed by atoms with E-state index in [1.165, 1.54) is 0 Å². The van der Waals surface area contributed by atoms with Gasteiger partial charge in [0, 0.05) is 23.7 Å². The van der Waals surface area contributed by atoms with Crippen molar-refractivity contribution in [2.24, 2.45) is 4.99 Å². The Labute approximate surface area is 198 Å². The van der Waals surface area contributed by atoms with Gasteiger partial charge in [0.1, 0.15) is 6.17 Å². The summed E-state index contributed by atoms with van der Waals surface area (Å²) in [4.78, 5) is 17.6. The van der Waals surface area contributed by atoms with Gasteiger partial charge in [-0.15, -0.1) is 0 Å². The number of nitrogens with zero attached hydrogens (tertiary/aromatic N) is 4. The number of halogens is 4. The van der Waals surface area contributed by atoms with Gasteiger partial charge in [0.25, 0.3) is 5.69 Å². The van der Waals surface area contributed by atoms with E-state index in [1.807, 2.05) is 11.8 Å². The predicted octanol–water partition coefficient (Wildman–Crippen LogP) is 4.94. The Morgan fingerprint density at radius 3 is 2.58 bits per heavy atom. The molecule has 2 aliphatic heterocycles. The molecule has 0 radical (unpaired) electrons. The van der Waals surface area contributed by atoms with Crippen LogP contribution in [0.15, 0.2) is 35.3 Å². The number of fused-ring (bicyclic) bond motifs is 3. The number of nitro benzene ring substituents is 1. The molecule has 0 aliphatic carbocycles. The molecule has 174 valence electrons. The minimum Gasteiger partial charge on any atom is -0.297 e. The summed E-state index contributed by atoms with van der Waals surface area (Å²) < 4.78 is 40.6. The Hall–Kier alpha value is -2.76. The van der Waals surface area contributed by atoms with Crippen molar-refractivity contribution in [2.75, 3.05) is 11.9 Å². The highest BCUT2D eigenvalue weighted by molar-refractivity contribution is 7.80. The Bertz CT molecular complexity index is 1200. The lowest BCUT2D eigenvalue weighted by Gasteiger charge is -2.30. The number of nitrogens with one attached hydrogen (secondary N) is 1. The number of aliphatic imine (C=N–C) groups is 1. The van der Waals surface area contributed by atoms with Crippen LogP contribution in [0, 0.1) is 10.1 Å². The summed E-state index contributed by atoms with van der Waals surface area (Å²) in [5.74, 6) is 0. The fraction of sp³-hybridized carbons (Fsp3) is 0.333. The van der Waals surface area contributed by atoms with E-state index in [9.17, 15) is 23.3 Å². The third-order valence-electron chi connectivity index (χ3n) is 5.72. The van der Waals surface area contributed by atoms with E-state index in [0.29, 0.717) is 33.9 Å². The van der Waals surface area contributed by atoms with Crippen molar-refractivity contribution in [1.82, 2.24) is 10.4 Å². The monoisotopic (exact) mass is 497 g/mol. The van der Waals surface area contributed by atoms with Crippen LogP contribution in [0.2, 0.25) is 5.02 Å². The summed E-state index contributed by atoms with van der Waals surface area (Å²) in [6.07, 6.45) is -4.53. The number of alkyl halides is 3. The number of hydrogen-bond acceptors (Lipinski definition) is 5. The number of benzene rings is 2. The van der Waals surface area contributed by atoms with Crippen molar-refractivity contribution in [3.8, 4) is 0 Å². The minimum absolute atomic E-state index is 0.0677. The number of likely N-dealkylation sites (N-methyl/N-ethyl adjacent to an activating group) is 1. The van der Waals surface area contributed by atoms with Crippen LogP contribution in [0.1, 0.15) is 36.1 Å². The Balaban J connectivity index is 2.09. The van der Waals surface area contributed by atoms with Crippen molar-refractivity contribution in [3.05, 3.63) is 67.7 Å². The van der Waals surface area contributed by atoms with Gasteiger partial charge in [-0.2, -0.15) is 18.2 Å². The average Bonchev–Trinajstić information content (AvgIpc) is 2.95. The van der Waals surface area contributed by atoms with Gasteiger partial charge < -0.3 is 0 Å². The Morgan fingerprint density at radius 1 is 1.27 bits per heavy atom. The molecule has 2 heterocycles. The Morgan fingerprint density at radius 2 is 1.97 bits per heavy atom. The molecule has 7 nitrogen and oxygen atoms in total. The summed E-state index contributed by atoms with van der Waals surface area (Å²) in [6, 6.07) is 5.14. The van der Waals surface area contributed by atoms with Crippen LogP contribution in [-0.4, -0.2) is 40.0 Å². The average molecular weight is 498 g/mol. The molecule has 0 bridgehead atoms. The van der Waals surface area contributed by atoms with Crippen molar-refractivity contribution >= 4 is 46.0 Å². The molecule has 4 rings (SSSR count). The predicted molar refractivity (Wildman–Crippen MR) is 124 cm³/mol. The first-order valence-corrected chi connectivity index (χ1v) is 10.8. The number of hydrazine groups is 1. The molecule has 0 amide bonds. The Kier molecular flexibility index (Phi) is 5.83. The molecule has 2 aromatic rings. The van der Waals surface area contributed by atoms with Crippen molar-refractivity contribution in [3.63, 3.8) is 0 Å². The molecule has 12 heteroatoms. The standard InChI is InChI=1S/C21H19ClF3N5O2S/c1-4-11-7-13(22)9-15-17(14-8-12(21(23,24)25)5-6-16(14)30(31)32)26-10(2)19-28(3)27-20(33)29(19)18(11)15/h5-10,19H,4H2,1-3H3,(H,27,33). The van der Waals surface area contributed by atoms with Gasteiger partial charge in [-0.1, -0.05) is 18.5 Å². The highest BCUT2D eigenvalue weighted by Gasteiger charge is 2.43. The molecular formula is C21H19ClF3N5O2S. The largest absolute Gasteiger partial charge is 0.416 e. The van der Waals surface area contributed by atoms with Crippen molar-refractivity contribution < 1.29 is 18.1 Å². The zero-order chi connectivity index (χ0) is 24.2. The molecule has 2 aliphatic rings. The second-order valence-corrected chi connectivity index (χ2v) is 8.65. The molecule has 1 N–H and O–H groups in total. The van der Waals surface area contributed by atoms with Crippen LogP contribution in [0.25, 0.3) is 0 Å². The molecular weight excluding hydrogens is 479 g/mol. The topological polar surface area (TPSA) is 74.0 Å². The molecule has 2 aromatic carbocycles. The smallest absolute Gasteiger partial charge is 0.297 e. The van der Waals surface area contributed by atoms with E-state index >= 15 is 0 Å². The van der Waals surface area contributed by atoms with E-state index in [1.54, 1.807) is 31.1 Å². The highest BCUT2D eigenvalue weighted by atomic mass is 35.5. The van der Waals surface area contributed by atoms with E-state index < -0.39 is 34.6 Å². The van der Waals surface area contributed by atoms with E-state index in [4.69, 9.17) is 28.8 Å². The second-order valence-electron chi connectivity index (χ2n) is 7.83. The molecule has 1 fully saturated rings. The van der Waals surface area contributed by atoms with Crippen LogP contribution in [-0.2, 0) is 12.6 Å². The normalized spacial score (nSPS) is 20.6. The van der Waals surface area contributed by atoms with Crippen molar-refractivity contribution in [1.29, 1.82) is 0 Å². The minimum atomic E-state index is -4.68. The zero-order valence-corrected chi connectivity index (χ0v) is 19.3. The van der Waals surface area contributed by atoms with Crippen LogP contribution in [0.4, 0.5) is 24.5 Å². The highest BCUT2D eigenvalue weighted by Crippen LogP contribution is 2.41. The quantitative estimate of drug-likeness (QED) is 0.368. The maximum atomic E-state index is 13.5. The van der Waals surface area contributed by atoms with Crippen LogP contribution < -0.4 is 10.3 Å². The maximum absolute atomic E-state index is 13.5. The number of thiocarbonyl (C=S) groups is 1. The van der Waals surface area contributed by atoms with Crippen LogP contribution >= 0.6 is 23.8 Å². The lowest BCUT2D eigenvalue weighted by atomic mass is 9.94. The summed E-state index contributed by atoms with van der Waals surface area (Å²) in [5, 5.41) is 14.3. The molecule has 2 atom stereocenters. The molecule has 0 saturated carbocycles. The van der Waals surface area contributed by atoms with Gasteiger partial charge in [-0.05, 0) is 55.4 Å². The van der Waals surface area contributed by atoms with E-state index in [2.05, 4.69) is 5.43 Å². The van der Waals surface area contributed by atoms with Crippen molar-refractivity contribution in [2.45, 2.75) is 38.7 Å².